The second-order valence-corrected chi connectivity index (χ2v) is 7.93. The molecule has 0 aliphatic carbocycles. The molecule has 1 aliphatic heterocycles. The van der Waals surface area contributed by atoms with E-state index in [2.05, 4.69) is 21.7 Å². The average molecular weight is 365 g/mol. The number of rotatable bonds is 7. The number of thioether (sulfide) groups is 1. The van der Waals surface area contributed by atoms with Crippen molar-refractivity contribution < 1.29 is 9.18 Å². The normalized spacial score (nSPS) is 14.4. The highest BCUT2D eigenvalue weighted by molar-refractivity contribution is 7.98. The Balaban J connectivity index is 1.31. The Kier molecular flexibility index (Phi) is 6.29. The van der Waals surface area contributed by atoms with Crippen LogP contribution in [0.25, 0.3) is 0 Å². The van der Waals surface area contributed by atoms with Gasteiger partial charge < -0.3 is 5.32 Å². The minimum absolute atomic E-state index is 0.0696. The van der Waals surface area contributed by atoms with E-state index < -0.39 is 0 Å². The van der Waals surface area contributed by atoms with Gasteiger partial charge in [0.25, 0.3) is 0 Å². The minimum atomic E-state index is -0.160. The van der Waals surface area contributed by atoms with Crippen LogP contribution in [0.5, 0.6) is 0 Å². The van der Waals surface area contributed by atoms with Crippen LogP contribution in [0, 0.1) is 5.82 Å². The van der Waals surface area contributed by atoms with Gasteiger partial charge in [-0.05, 0) is 35.1 Å². The lowest BCUT2D eigenvalue weighted by atomic mass is 10.1. The summed E-state index contributed by atoms with van der Waals surface area (Å²) in [7, 11) is 0. The summed E-state index contributed by atoms with van der Waals surface area (Å²) in [5.41, 5.74) is 2.08. The molecule has 2 heterocycles. The summed E-state index contributed by atoms with van der Waals surface area (Å²) in [5, 5.41) is 5.08. The zero-order chi connectivity index (χ0) is 16.8. The van der Waals surface area contributed by atoms with E-state index in [0.717, 1.165) is 25.3 Å². The number of carbonyl (C=O) groups is 1. The highest BCUT2D eigenvalue weighted by Gasteiger charge is 2.18. The summed E-state index contributed by atoms with van der Waals surface area (Å²) >= 11 is 3.44. The molecule has 3 nitrogen and oxygen atoms in total. The van der Waals surface area contributed by atoms with E-state index in [1.807, 2.05) is 17.4 Å². The Morgan fingerprint density at radius 1 is 1.33 bits per heavy atom. The second-order valence-electron chi connectivity index (χ2n) is 5.82. The van der Waals surface area contributed by atoms with E-state index in [-0.39, 0.29) is 11.7 Å². The molecule has 1 N–H and O–H groups in total. The fourth-order valence-electron chi connectivity index (χ4n) is 2.76. The molecular formula is C18H21FN2OS2. The molecule has 24 heavy (non-hydrogen) atoms. The highest BCUT2D eigenvalue weighted by atomic mass is 32.2. The van der Waals surface area contributed by atoms with E-state index in [1.54, 1.807) is 23.9 Å². The van der Waals surface area contributed by atoms with Gasteiger partial charge in [0, 0.05) is 36.0 Å². The molecular weight excluding hydrogens is 343 g/mol. The number of benzene rings is 1. The first-order chi connectivity index (χ1) is 11.7. The zero-order valence-corrected chi connectivity index (χ0v) is 15.1. The first-order valence-corrected chi connectivity index (χ1v) is 10.1. The molecule has 0 fully saturated rings. The van der Waals surface area contributed by atoms with Crippen molar-refractivity contribution in [3.05, 3.63) is 57.5 Å². The molecule has 128 valence electrons. The maximum Gasteiger partial charge on any atom is 0.234 e. The van der Waals surface area contributed by atoms with Crippen molar-refractivity contribution in [2.24, 2.45) is 0 Å². The van der Waals surface area contributed by atoms with Gasteiger partial charge in [-0.2, -0.15) is 11.8 Å². The third kappa shape index (κ3) is 4.82. The van der Waals surface area contributed by atoms with Crippen LogP contribution >= 0.6 is 23.1 Å². The molecule has 3 rings (SSSR count). The fraction of sp³-hybridized carbons (Fsp3) is 0.389. The molecule has 0 unspecified atom stereocenters. The van der Waals surface area contributed by atoms with Gasteiger partial charge in [0.1, 0.15) is 5.82 Å². The minimum Gasteiger partial charge on any atom is -0.354 e. The van der Waals surface area contributed by atoms with Gasteiger partial charge in [-0.3, -0.25) is 9.69 Å². The van der Waals surface area contributed by atoms with Gasteiger partial charge in [-0.25, -0.2) is 4.39 Å². The first kappa shape index (κ1) is 17.5. The van der Waals surface area contributed by atoms with Crippen LogP contribution in [0.15, 0.2) is 35.7 Å². The van der Waals surface area contributed by atoms with Crippen LogP contribution in [0.3, 0.4) is 0 Å². The quantitative estimate of drug-likeness (QED) is 0.765. The number of hydrogen-bond acceptors (Lipinski definition) is 4. The molecule has 0 atom stereocenters. The molecule has 1 aromatic carbocycles. The predicted octanol–water partition coefficient (Wildman–Crippen LogP) is 3.29. The van der Waals surface area contributed by atoms with Crippen LogP contribution in [-0.2, 0) is 23.5 Å². The molecule has 0 bridgehead atoms. The van der Waals surface area contributed by atoms with Gasteiger partial charge >= 0.3 is 0 Å². The zero-order valence-electron chi connectivity index (χ0n) is 13.5. The van der Waals surface area contributed by atoms with Crippen molar-refractivity contribution in [2.75, 3.05) is 25.4 Å². The summed E-state index contributed by atoms with van der Waals surface area (Å²) in [5.74, 6) is 1.33. The molecule has 0 saturated carbocycles. The second kappa shape index (κ2) is 8.65. The third-order valence-electron chi connectivity index (χ3n) is 4.04. The predicted molar refractivity (Wildman–Crippen MR) is 98.9 cm³/mol. The number of nitrogens with zero attached hydrogens (tertiary/aromatic N) is 1. The van der Waals surface area contributed by atoms with Crippen LogP contribution in [0.2, 0.25) is 0 Å². The molecule has 1 aromatic heterocycles. The standard InChI is InChI=1S/C18H21FN2OS2/c19-16-4-2-1-3-15(16)13-23-10-7-20-18(22)12-21-8-5-17-14(11-21)6-9-24-17/h1-4,6,9H,5,7-8,10-13H2,(H,20,22). The molecule has 1 aliphatic rings. The summed E-state index contributed by atoms with van der Waals surface area (Å²) in [6.07, 6.45) is 1.04. The summed E-state index contributed by atoms with van der Waals surface area (Å²) in [6.45, 7) is 2.89. The molecule has 2 aromatic rings. The highest BCUT2D eigenvalue weighted by Crippen LogP contribution is 2.23. The van der Waals surface area contributed by atoms with E-state index >= 15 is 0 Å². The number of thiophene rings is 1. The number of hydrogen-bond donors (Lipinski definition) is 1. The third-order valence-corrected chi connectivity index (χ3v) is 6.07. The maximum atomic E-state index is 13.5. The van der Waals surface area contributed by atoms with Crippen molar-refractivity contribution in [3.8, 4) is 0 Å². The van der Waals surface area contributed by atoms with Crippen molar-refractivity contribution >= 4 is 29.0 Å². The van der Waals surface area contributed by atoms with E-state index in [9.17, 15) is 9.18 Å². The molecule has 6 heteroatoms. The smallest absolute Gasteiger partial charge is 0.234 e. The van der Waals surface area contributed by atoms with Crippen LogP contribution < -0.4 is 5.32 Å². The van der Waals surface area contributed by atoms with Crippen LogP contribution in [0.1, 0.15) is 16.0 Å². The lowest BCUT2D eigenvalue weighted by Crippen LogP contribution is -2.40. The monoisotopic (exact) mass is 364 g/mol. The summed E-state index contributed by atoms with van der Waals surface area (Å²) in [6, 6.07) is 8.98. The number of nitrogens with one attached hydrogen (secondary N) is 1. The Bertz CT molecular complexity index is 689. The van der Waals surface area contributed by atoms with Crippen molar-refractivity contribution in [1.82, 2.24) is 10.2 Å². The van der Waals surface area contributed by atoms with Gasteiger partial charge in [-0.1, -0.05) is 18.2 Å². The molecule has 0 radical (unpaired) electrons. The number of amides is 1. The number of carbonyl (C=O) groups excluding carboxylic acids is 1. The Morgan fingerprint density at radius 3 is 3.08 bits per heavy atom. The summed E-state index contributed by atoms with van der Waals surface area (Å²) in [4.78, 5) is 15.7. The van der Waals surface area contributed by atoms with Crippen molar-refractivity contribution in [1.29, 1.82) is 0 Å². The molecule has 1 amide bonds. The molecule has 0 saturated heterocycles. The number of fused-ring (bicyclic) bond motifs is 1. The van der Waals surface area contributed by atoms with E-state index in [1.165, 1.54) is 16.5 Å². The lowest BCUT2D eigenvalue weighted by Gasteiger charge is -2.26. The Labute approximate surface area is 150 Å². The van der Waals surface area contributed by atoms with Gasteiger partial charge in [0.05, 0.1) is 6.54 Å². The fourth-order valence-corrected chi connectivity index (χ4v) is 4.50. The average Bonchev–Trinajstić information content (AvgIpc) is 3.04. The van der Waals surface area contributed by atoms with Gasteiger partial charge in [0.15, 0.2) is 0 Å². The van der Waals surface area contributed by atoms with Crippen molar-refractivity contribution in [2.45, 2.75) is 18.7 Å². The Morgan fingerprint density at radius 2 is 2.21 bits per heavy atom. The molecule has 0 spiro atoms. The summed E-state index contributed by atoms with van der Waals surface area (Å²) < 4.78 is 13.5. The van der Waals surface area contributed by atoms with Crippen LogP contribution in [0.4, 0.5) is 4.39 Å². The van der Waals surface area contributed by atoms with Crippen molar-refractivity contribution in [3.63, 3.8) is 0 Å². The van der Waals surface area contributed by atoms with E-state index in [0.29, 0.717) is 24.4 Å². The first-order valence-electron chi connectivity index (χ1n) is 8.08. The van der Waals surface area contributed by atoms with Gasteiger partial charge in [0.2, 0.25) is 5.91 Å². The maximum absolute atomic E-state index is 13.5. The largest absolute Gasteiger partial charge is 0.354 e. The Hall–Kier alpha value is -1.37. The van der Waals surface area contributed by atoms with Crippen LogP contribution in [-0.4, -0.2) is 36.2 Å². The SMILES string of the molecule is O=C(CN1CCc2sccc2C1)NCCSCc1ccccc1F. The van der Waals surface area contributed by atoms with E-state index in [4.69, 9.17) is 0 Å². The topological polar surface area (TPSA) is 32.3 Å². The van der Waals surface area contributed by atoms with Gasteiger partial charge in [-0.15, -0.1) is 11.3 Å². The lowest BCUT2D eigenvalue weighted by molar-refractivity contribution is -0.122. The number of halogens is 1.